The van der Waals surface area contributed by atoms with E-state index in [1.165, 1.54) is 12.6 Å². The first-order valence-electron chi connectivity index (χ1n) is 6.27. The van der Waals surface area contributed by atoms with Gasteiger partial charge in [0, 0.05) is 13.1 Å². The van der Waals surface area contributed by atoms with E-state index in [1.807, 2.05) is 6.07 Å². The van der Waals surface area contributed by atoms with Gasteiger partial charge in [-0.2, -0.15) is 9.65 Å². The van der Waals surface area contributed by atoms with Crippen LogP contribution in [0.5, 0.6) is 0 Å². The normalized spacial score (nSPS) is 26.8. The molecule has 2 aliphatic heterocycles. The molecule has 2 aliphatic rings. The first-order valence-corrected chi connectivity index (χ1v) is 6.27. The Morgan fingerprint density at radius 1 is 1.39 bits per heavy atom. The van der Waals surface area contributed by atoms with E-state index in [-0.39, 0.29) is 5.56 Å². The smallest absolute Gasteiger partial charge is 0.230 e. The van der Waals surface area contributed by atoms with Crippen LogP contribution >= 0.6 is 0 Å². The van der Waals surface area contributed by atoms with Crippen LogP contribution in [0.2, 0.25) is 0 Å². The summed E-state index contributed by atoms with van der Waals surface area (Å²) in [4.78, 5) is 5.90. The fourth-order valence-corrected chi connectivity index (χ4v) is 3.00. The average Bonchev–Trinajstić information content (AvgIpc) is 2.39. The molecule has 5 heteroatoms. The molecule has 0 aliphatic carbocycles. The molecular formula is C13H15FN4. The standard InChI is InChI=1S/C13H15FN4/c14-13-11(3-15)2-12(6-17-13)18-7-9-1-10(8-18)5-16-4-9/h2,6,9-10,16H,1,4-5,7-8H2. The number of nitrogens with zero attached hydrogens (tertiary/aromatic N) is 3. The second-order valence-corrected chi connectivity index (χ2v) is 5.17. The Bertz CT molecular complexity index is 484. The van der Waals surface area contributed by atoms with Gasteiger partial charge in [-0.3, -0.25) is 0 Å². The van der Waals surface area contributed by atoms with Crippen molar-refractivity contribution in [3.8, 4) is 6.07 Å². The highest BCUT2D eigenvalue weighted by atomic mass is 19.1. The number of fused-ring (bicyclic) bond motifs is 2. The van der Waals surface area contributed by atoms with E-state index in [0.717, 1.165) is 31.9 Å². The molecule has 18 heavy (non-hydrogen) atoms. The number of nitriles is 1. The number of piperidine rings is 2. The summed E-state index contributed by atoms with van der Waals surface area (Å²) in [6.07, 6.45) is 2.80. The molecule has 0 aromatic carbocycles. The summed E-state index contributed by atoms with van der Waals surface area (Å²) in [5.41, 5.74) is 0.894. The van der Waals surface area contributed by atoms with Gasteiger partial charge in [-0.05, 0) is 37.4 Å². The molecule has 0 radical (unpaired) electrons. The molecule has 2 saturated heterocycles. The van der Waals surface area contributed by atoms with Crippen LogP contribution in [0, 0.1) is 29.1 Å². The minimum absolute atomic E-state index is 0.0290. The first kappa shape index (κ1) is 11.4. The molecule has 0 spiro atoms. The topological polar surface area (TPSA) is 52.0 Å². The van der Waals surface area contributed by atoms with Gasteiger partial charge < -0.3 is 10.2 Å². The van der Waals surface area contributed by atoms with Crippen molar-refractivity contribution in [1.29, 1.82) is 5.26 Å². The molecule has 3 heterocycles. The van der Waals surface area contributed by atoms with E-state index in [4.69, 9.17) is 5.26 Å². The van der Waals surface area contributed by atoms with Crippen LogP contribution in [-0.4, -0.2) is 31.2 Å². The number of halogens is 1. The Morgan fingerprint density at radius 2 is 2.11 bits per heavy atom. The molecule has 1 N–H and O–H groups in total. The van der Waals surface area contributed by atoms with E-state index in [0.29, 0.717) is 11.8 Å². The Balaban J connectivity index is 1.84. The lowest BCUT2D eigenvalue weighted by Gasteiger charge is -2.42. The van der Waals surface area contributed by atoms with Crippen molar-refractivity contribution in [2.45, 2.75) is 6.42 Å². The Labute approximate surface area is 105 Å². The molecule has 3 rings (SSSR count). The first-order chi connectivity index (χ1) is 8.76. The second kappa shape index (κ2) is 4.54. The third kappa shape index (κ3) is 2.04. The number of pyridine rings is 1. The van der Waals surface area contributed by atoms with Gasteiger partial charge in [-0.25, -0.2) is 4.98 Å². The van der Waals surface area contributed by atoms with Crippen molar-refractivity contribution in [2.75, 3.05) is 31.1 Å². The van der Waals surface area contributed by atoms with Gasteiger partial charge in [0.25, 0.3) is 0 Å². The minimum atomic E-state index is -0.680. The summed E-state index contributed by atoms with van der Waals surface area (Å²) in [7, 11) is 0. The van der Waals surface area contributed by atoms with Crippen molar-refractivity contribution in [3.63, 3.8) is 0 Å². The second-order valence-electron chi connectivity index (χ2n) is 5.17. The van der Waals surface area contributed by atoms with Crippen molar-refractivity contribution < 1.29 is 4.39 Å². The maximum absolute atomic E-state index is 13.2. The summed E-state index contributed by atoms with van der Waals surface area (Å²) >= 11 is 0. The van der Waals surface area contributed by atoms with Gasteiger partial charge in [0.15, 0.2) is 0 Å². The van der Waals surface area contributed by atoms with Crippen LogP contribution in [0.1, 0.15) is 12.0 Å². The predicted octanol–water partition coefficient (Wildman–Crippen LogP) is 1.14. The summed E-state index contributed by atoms with van der Waals surface area (Å²) < 4.78 is 13.2. The summed E-state index contributed by atoms with van der Waals surface area (Å²) in [6, 6.07) is 3.46. The zero-order chi connectivity index (χ0) is 12.5. The number of aromatic nitrogens is 1. The Hall–Kier alpha value is -1.67. The van der Waals surface area contributed by atoms with Gasteiger partial charge in [0.1, 0.15) is 11.6 Å². The third-order valence-electron chi connectivity index (χ3n) is 3.80. The minimum Gasteiger partial charge on any atom is -0.370 e. The molecule has 2 atom stereocenters. The molecule has 0 amide bonds. The number of hydrogen-bond acceptors (Lipinski definition) is 4. The molecule has 94 valence electrons. The van der Waals surface area contributed by atoms with Crippen LogP contribution in [0.3, 0.4) is 0 Å². The van der Waals surface area contributed by atoms with Gasteiger partial charge >= 0.3 is 0 Å². The number of rotatable bonds is 1. The molecule has 2 bridgehead atoms. The predicted molar refractivity (Wildman–Crippen MR) is 65.6 cm³/mol. The molecule has 2 fully saturated rings. The van der Waals surface area contributed by atoms with Gasteiger partial charge in [-0.1, -0.05) is 0 Å². The van der Waals surface area contributed by atoms with E-state index in [1.54, 1.807) is 6.07 Å². The van der Waals surface area contributed by atoms with Crippen LogP contribution in [0.4, 0.5) is 10.1 Å². The lowest BCUT2D eigenvalue weighted by atomic mass is 9.85. The van der Waals surface area contributed by atoms with Gasteiger partial charge in [0.2, 0.25) is 5.95 Å². The number of nitrogens with one attached hydrogen (secondary N) is 1. The van der Waals surface area contributed by atoms with Crippen LogP contribution < -0.4 is 10.2 Å². The van der Waals surface area contributed by atoms with Gasteiger partial charge in [0.05, 0.1) is 11.9 Å². The van der Waals surface area contributed by atoms with Crippen LogP contribution in [0.15, 0.2) is 12.3 Å². The third-order valence-corrected chi connectivity index (χ3v) is 3.80. The maximum Gasteiger partial charge on any atom is 0.230 e. The lowest BCUT2D eigenvalue weighted by Crippen LogP contribution is -2.51. The van der Waals surface area contributed by atoms with E-state index in [9.17, 15) is 4.39 Å². The lowest BCUT2D eigenvalue weighted by molar-refractivity contribution is 0.249. The van der Waals surface area contributed by atoms with E-state index in [2.05, 4.69) is 15.2 Å². The monoisotopic (exact) mass is 246 g/mol. The average molecular weight is 246 g/mol. The summed E-state index contributed by atoms with van der Waals surface area (Å²) in [6.45, 7) is 4.02. The highest BCUT2D eigenvalue weighted by molar-refractivity contribution is 5.50. The van der Waals surface area contributed by atoms with Crippen LogP contribution in [-0.2, 0) is 0 Å². The summed E-state index contributed by atoms with van der Waals surface area (Å²) in [5, 5.41) is 12.3. The van der Waals surface area contributed by atoms with Gasteiger partial charge in [-0.15, -0.1) is 0 Å². The van der Waals surface area contributed by atoms with Crippen LogP contribution in [0.25, 0.3) is 0 Å². The van der Waals surface area contributed by atoms with E-state index >= 15 is 0 Å². The molecule has 4 nitrogen and oxygen atoms in total. The largest absolute Gasteiger partial charge is 0.370 e. The van der Waals surface area contributed by atoms with Crippen molar-refractivity contribution >= 4 is 5.69 Å². The maximum atomic E-state index is 13.2. The fraction of sp³-hybridized carbons (Fsp3) is 0.538. The molecular weight excluding hydrogens is 231 g/mol. The van der Waals surface area contributed by atoms with Crippen molar-refractivity contribution in [2.24, 2.45) is 11.8 Å². The highest BCUT2D eigenvalue weighted by Crippen LogP contribution is 2.28. The van der Waals surface area contributed by atoms with Crippen molar-refractivity contribution in [3.05, 3.63) is 23.8 Å². The fourth-order valence-electron chi connectivity index (χ4n) is 3.00. The zero-order valence-corrected chi connectivity index (χ0v) is 10.1. The SMILES string of the molecule is N#Cc1cc(N2CC3CNCC(C3)C2)cnc1F. The number of anilines is 1. The summed E-state index contributed by atoms with van der Waals surface area (Å²) in [5.74, 6) is 0.612. The quantitative estimate of drug-likeness (QED) is 0.755. The number of hydrogen-bond donors (Lipinski definition) is 1. The molecule has 1 aromatic rings. The Morgan fingerprint density at radius 3 is 2.78 bits per heavy atom. The molecule has 0 saturated carbocycles. The molecule has 1 aromatic heterocycles. The van der Waals surface area contributed by atoms with Crippen molar-refractivity contribution in [1.82, 2.24) is 10.3 Å². The Kier molecular flexibility index (Phi) is 2.88. The van der Waals surface area contributed by atoms with E-state index < -0.39 is 5.95 Å². The molecule has 2 unspecified atom stereocenters. The highest BCUT2D eigenvalue weighted by Gasteiger charge is 2.30. The zero-order valence-electron chi connectivity index (χ0n) is 10.1.